The molecule has 1 N–H and O–H groups in total. The Balaban J connectivity index is 2.13. The highest BCUT2D eigenvalue weighted by molar-refractivity contribution is 5.94. The van der Waals surface area contributed by atoms with Crippen molar-refractivity contribution in [3.63, 3.8) is 0 Å². The largest absolute Gasteiger partial charge is 0.416 e. The maximum atomic E-state index is 13.5. The van der Waals surface area contributed by atoms with Gasteiger partial charge in [-0.25, -0.2) is 4.39 Å². The molecule has 1 heterocycles. The second kappa shape index (κ2) is 6.13. The summed E-state index contributed by atoms with van der Waals surface area (Å²) < 4.78 is 51.3. The molecule has 1 amide bonds. The molecule has 3 nitrogen and oxygen atoms in total. The first-order valence-electron chi connectivity index (χ1n) is 6.34. The summed E-state index contributed by atoms with van der Waals surface area (Å²) in [6.45, 7) is 1.36. The van der Waals surface area contributed by atoms with Gasteiger partial charge >= 0.3 is 6.18 Å². The summed E-state index contributed by atoms with van der Waals surface area (Å²) in [4.78, 5) is 15.8. The molecule has 116 valence electrons. The van der Waals surface area contributed by atoms with Crippen molar-refractivity contribution >= 4 is 5.91 Å². The number of amides is 1. The van der Waals surface area contributed by atoms with E-state index in [9.17, 15) is 22.4 Å². The van der Waals surface area contributed by atoms with E-state index in [0.29, 0.717) is 23.4 Å². The molecule has 1 aromatic heterocycles. The third kappa shape index (κ3) is 3.81. The molecule has 1 aromatic carbocycles. The number of hydrogen-bond acceptors (Lipinski definition) is 2. The van der Waals surface area contributed by atoms with E-state index in [1.807, 2.05) is 0 Å². The average Bonchev–Trinajstić information content (AvgIpc) is 2.44. The molecule has 7 heteroatoms. The summed E-state index contributed by atoms with van der Waals surface area (Å²) in [6, 6.07) is 5.07. The molecule has 0 aliphatic rings. The fraction of sp³-hybridized carbons (Fsp3) is 0.200. The first-order chi connectivity index (χ1) is 10.3. The highest BCUT2D eigenvalue weighted by Crippen LogP contribution is 2.30. The third-order valence-corrected chi connectivity index (χ3v) is 2.97. The van der Waals surface area contributed by atoms with E-state index >= 15 is 0 Å². The van der Waals surface area contributed by atoms with Gasteiger partial charge in [0, 0.05) is 29.6 Å². The lowest BCUT2D eigenvalue weighted by Gasteiger charge is -2.11. The second-order valence-corrected chi connectivity index (χ2v) is 4.67. The second-order valence-electron chi connectivity index (χ2n) is 4.67. The molecule has 0 saturated heterocycles. The lowest BCUT2D eigenvalue weighted by atomic mass is 10.1. The van der Waals surface area contributed by atoms with Crippen LogP contribution < -0.4 is 5.32 Å². The molecule has 2 rings (SSSR count). The topological polar surface area (TPSA) is 42.0 Å². The number of pyridine rings is 1. The number of aromatic nitrogens is 1. The van der Waals surface area contributed by atoms with Crippen LogP contribution in [-0.2, 0) is 12.7 Å². The Morgan fingerprint density at radius 3 is 2.59 bits per heavy atom. The maximum Gasteiger partial charge on any atom is 0.416 e. The quantitative estimate of drug-likeness (QED) is 0.882. The van der Waals surface area contributed by atoms with Gasteiger partial charge in [-0.3, -0.25) is 9.78 Å². The Kier molecular flexibility index (Phi) is 4.44. The maximum absolute atomic E-state index is 13.5. The number of nitrogens with one attached hydrogen (secondary N) is 1. The van der Waals surface area contributed by atoms with Crippen molar-refractivity contribution in [2.24, 2.45) is 0 Å². The van der Waals surface area contributed by atoms with Crippen LogP contribution in [0.1, 0.15) is 27.2 Å². The number of carbonyl (C=O) groups excluding carboxylic acids is 1. The molecule has 0 aliphatic carbocycles. The number of nitrogens with zero attached hydrogens (tertiary/aromatic N) is 1. The predicted octanol–water partition coefficient (Wildman–Crippen LogP) is 3.48. The Hall–Kier alpha value is -2.44. The van der Waals surface area contributed by atoms with Gasteiger partial charge in [0.2, 0.25) is 0 Å². The Morgan fingerprint density at radius 2 is 1.95 bits per heavy atom. The van der Waals surface area contributed by atoms with E-state index in [4.69, 9.17) is 0 Å². The van der Waals surface area contributed by atoms with E-state index in [-0.39, 0.29) is 12.1 Å². The molecule has 0 radical (unpaired) electrons. The lowest BCUT2D eigenvalue weighted by molar-refractivity contribution is -0.137. The van der Waals surface area contributed by atoms with Gasteiger partial charge in [0.1, 0.15) is 5.82 Å². The molecule has 0 atom stereocenters. The first-order valence-corrected chi connectivity index (χ1v) is 6.34. The summed E-state index contributed by atoms with van der Waals surface area (Å²) in [5.74, 6) is -1.32. The van der Waals surface area contributed by atoms with E-state index in [0.717, 1.165) is 6.07 Å². The van der Waals surface area contributed by atoms with E-state index < -0.39 is 23.5 Å². The van der Waals surface area contributed by atoms with Gasteiger partial charge in [0.15, 0.2) is 0 Å². The molecule has 0 fully saturated rings. The summed E-state index contributed by atoms with van der Waals surface area (Å²) in [6.07, 6.45) is -3.12. The average molecular weight is 312 g/mol. The lowest BCUT2D eigenvalue weighted by Crippen LogP contribution is -2.23. The van der Waals surface area contributed by atoms with E-state index in [1.165, 1.54) is 18.3 Å². The highest BCUT2D eigenvalue weighted by Gasteiger charge is 2.31. The Bertz CT molecular complexity index is 698. The fourth-order valence-corrected chi connectivity index (χ4v) is 1.85. The van der Waals surface area contributed by atoms with Gasteiger partial charge in [0.25, 0.3) is 5.91 Å². The van der Waals surface area contributed by atoms with Crippen LogP contribution in [0.15, 0.2) is 36.5 Å². The summed E-state index contributed by atoms with van der Waals surface area (Å²) in [5.41, 5.74) is -0.260. The number of hydrogen-bond donors (Lipinski definition) is 1. The van der Waals surface area contributed by atoms with Crippen LogP contribution in [0.3, 0.4) is 0 Å². The van der Waals surface area contributed by atoms with E-state index in [2.05, 4.69) is 10.3 Å². The zero-order valence-electron chi connectivity index (χ0n) is 11.5. The van der Waals surface area contributed by atoms with Crippen LogP contribution in [0.4, 0.5) is 17.6 Å². The van der Waals surface area contributed by atoms with Gasteiger partial charge in [-0.1, -0.05) is 0 Å². The minimum Gasteiger partial charge on any atom is -0.348 e. The van der Waals surface area contributed by atoms with Crippen molar-refractivity contribution in [1.82, 2.24) is 10.3 Å². The van der Waals surface area contributed by atoms with E-state index in [1.54, 1.807) is 6.92 Å². The zero-order valence-corrected chi connectivity index (χ0v) is 11.5. The molecule has 0 aliphatic heterocycles. The van der Waals surface area contributed by atoms with Crippen LogP contribution in [0.25, 0.3) is 0 Å². The number of rotatable bonds is 3. The van der Waals surface area contributed by atoms with Crippen LogP contribution in [0.2, 0.25) is 0 Å². The summed E-state index contributed by atoms with van der Waals surface area (Å²) >= 11 is 0. The van der Waals surface area contributed by atoms with Gasteiger partial charge in [-0.05, 0) is 37.3 Å². The number of aryl methyl sites for hydroxylation is 1. The number of benzene rings is 1. The third-order valence-electron chi connectivity index (χ3n) is 2.97. The van der Waals surface area contributed by atoms with Crippen LogP contribution in [0, 0.1) is 12.7 Å². The number of alkyl halides is 3. The molecule has 2 aromatic rings. The molecule has 0 bridgehead atoms. The molecule has 0 spiro atoms. The highest BCUT2D eigenvalue weighted by atomic mass is 19.4. The fourth-order valence-electron chi connectivity index (χ4n) is 1.85. The van der Waals surface area contributed by atoms with Crippen molar-refractivity contribution < 1.29 is 22.4 Å². The van der Waals surface area contributed by atoms with Gasteiger partial charge < -0.3 is 5.32 Å². The summed E-state index contributed by atoms with van der Waals surface area (Å²) in [7, 11) is 0. The molecule has 22 heavy (non-hydrogen) atoms. The first kappa shape index (κ1) is 15.9. The molecular weight excluding hydrogens is 300 g/mol. The molecule has 0 saturated carbocycles. The number of carbonyl (C=O) groups is 1. The monoisotopic (exact) mass is 312 g/mol. The standard InChI is InChI=1S/C15H12F4N2O/c1-9-6-10(4-5-20-9)14(22)21-8-11-7-12(15(17,18)19)2-3-13(11)16/h2-7H,8H2,1H3,(H,21,22). The van der Waals surface area contributed by atoms with Crippen molar-refractivity contribution in [2.75, 3.05) is 0 Å². The minimum atomic E-state index is -4.56. The smallest absolute Gasteiger partial charge is 0.348 e. The van der Waals surface area contributed by atoms with Crippen LogP contribution >= 0.6 is 0 Å². The minimum absolute atomic E-state index is 0.228. The molecule has 0 unspecified atom stereocenters. The van der Waals surface area contributed by atoms with Crippen molar-refractivity contribution in [1.29, 1.82) is 0 Å². The Labute approximate surface area is 124 Å². The van der Waals surface area contributed by atoms with Crippen molar-refractivity contribution in [2.45, 2.75) is 19.6 Å². The Morgan fingerprint density at radius 1 is 1.23 bits per heavy atom. The number of halogens is 4. The SMILES string of the molecule is Cc1cc(C(=O)NCc2cc(C(F)(F)F)ccc2F)ccn1. The van der Waals surface area contributed by atoms with Gasteiger partial charge in [0.05, 0.1) is 5.56 Å². The normalized spacial score (nSPS) is 11.3. The van der Waals surface area contributed by atoms with Crippen LogP contribution in [-0.4, -0.2) is 10.9 Å². The van der Waals surface area contributed by atoms with Gasteiger partial charge in [-0.15, -0.1) is 0 Å². The predicted molar refractivity (Wildman–Crippen MR) is 71.5 cm³/mol. The van der Waals surface area contributed by atoms with Crippen molar-refractivity contribution in [3.05, 3.63) is 64.7 Å². The zero-order chi connectivity index (χ0) is 16.3. The van der Waals surface area contributed by atoms with Crippen LogP contribution in [0.5, 0.6) is 0 Å². The summed E-state index contributed by atoms with van der Waals surface area (Å²) in [5, 5.41) is 2.39. The molecular formula is C15H12F4N2O. The van der Waals surface area contributed by atoms with Crippen molar-refractivity contribution in [3.8, 4) is 0 Å². The van der Waals surface area contributed by atoms with Gasteiger partial charge in [-0.2, -0.15) is 13.2 Å².